The van der Waals surface area contributed by atoms with Crippen LogP contribution < -0.4 is 19.5 Å². The third-order valence-corrected chi connectivity index (χ3v) is 6.02. The molecule has 3 aromatic rings. The van der Waals surface area contributed by atoms with E-state index >= 15 is 0 Å². The molecule has 0 saturated heterocycles. The lowest BCUT2D eigenvalue weighted by atomic mass is 10.2. The molecule has 1 amide bonds. The lowest BCUT2D eigenvalue weighted by molar-refractivity contribution is -0.121. The third-order valence-electron chi connectivity index (χ3n) is 4.56. The Morgan fingerprint density at radius 3 is 2.50 bits per heavy atom. The summed E-state index contributed by atoms with van der Waals surface area (Å²) in [6, 6.07) is 13.4. The highest BCUT2D eigenvalue weighted by molar-refractivity contribution is 7.89. The van der Waals surface area contributed by atoms with Crippen LogP contribution in [0, 0.1) is 0 Å². The number of carbonyl (C=O) groups is 1. The van der Waals surface area contributed by atoms with Crippen molar-refractivity contribution in [2.75, 3.05) is 20.8 Å². The molecule has 160 valence electrons. The number of sulfonamides is 1. The monoisotopic (exact) mass is 432 g/mol. The Morgan fingerprint density at radius 2 is 1.80 bits per heavy atom. The summed E-state index contributed by atoms with van der Waals surface area (Å²) in [5.74, 6) is 1.07. The zero-order valence-electron chi connectivity index (χ0n) is 17.0. The van der Waals surface area contributed by atoms with Gasteiger partial charge >= 0.3 is 0 Å². The van der Waals surface area contributed by atoms with Gasteiger partial charge in [-0.1, -0.05) is 18.2 Å². The van der Waals surface area contributed by atoms with E-state index in [1.807, 2.05) is 37.3 Å². The maximum absolute atomic E-state index is 12.5. The van der Waals surface area contributed by atoms with E-state index in [9.17, 15) is 13.2 Å². The average molecular weight is 432 g/mol. The van der Waals surface area contributed by atoms with Crippen molar-refractivity contribution in [2.45, 2.75) is 24.3 Å². The van der Waals surface area contributed by atoms with E-state index in [4.69, 9.17) is 13.9 Å². The van der Waals surface area contributed by atoms with Gasteiger partial charge in [0.1, 0.15) is 11.3 Å². The highest BCUT2D eigenvalue weighted by Gasteiger charge is 2.18. The molecule has 30 heavy (non-hydrogen) atoms. The topological polar surface area (TPSA) is 107 Å². The quantitative estimate of drug-likeness (QED) is 0.538. The van der Waals surface area contributed by atoms with Crippen LogP contribution in [0.2, 0.25) is 0 Å². The van der Waals surface area contributed by atoms with Crippen LogP contribution in [0.5, 0.6) is 11.5 Å². The van der Waals surface area contributed by atoms with Gasteiger partial charge in [-0.25, -0.2) is 13.1 Å². The van der Waals surface area contributed by atoms with Gasteiger partial charge in [0.15, 0.2) is 11.5 Å². The molecule has 2 N–H and O–H groups in total. The largest absolute Gasteiger partial charge is 0.493 e. The molecule has 0 radical (unpaired) electrons. The molecule has 9 heteroatoms. The lowest BCUT2D eigenvalue weighted by Crippen LogP contribution is -2.32. The first-order valence-electron chi connectivity index (χ1n) is 9.33. The van der Waals surface area contributed by atoms with Gasteiger partial charge in [0.05, 0.1) is 25.2 Å². The predicted molar refractivity (Wildman–Crippen MR) is 112 cm³/mol. The van der Waals surface area contributed by atoms with E-state index in [1.54, 1.807) is 0 Å². The van der Waals surface area contributed by atoms with Crippen LogP contribution in [0.15, 0.2) is 57.8 Å². The lowest BCUT2D eigenvalue weighted by Gasteiger charge is -2.13. The van der Waals surface area contributed by atoms with Crippen molar-refractivity contribution in [1.29, 1.82) is 0 Å². The smallest absolute Gasteiger partial charge is 0.240 e. The number of fused-ring (bicyclic) bond motifs is 1. The number of nitrogens with one attached hydrogen (secondary N) is 2. The molecule has 0 fully saturated rings. The molecule has 1 unspecified atom stereocenters. The van der Waals surface area contributed by atoms with E-state index in [0.717, 1.165) is 11.0 Å². The number of hydrogen-bond donors (Lipinski definition) is 2. The van der Waals surface area contributed by atoms with Gasteiger partial charge in [-0.2, -0.15) is 0 Å². The Labute approximate surface area is 175 Å². The van der Waals surface area contributed by atoms with Crippen LogP contribution in [-0.2, 0) is 14.8 Å². The maximum atomic E-state index is 12.5. The van der Waals surface area contributed by atoms with E-state index in [1.165, 1.54) is 32.4 Å². The van der Waals surface area contributed by atoms with Crippen molar-refractivity contribution < 1.29 is 27.1 Å². The van der Waals surface area contributed by atoms with Crippen molar-refractivity contribution >= 4 is 26.9 Å². The fourth-order valence-electron chi connectivity index (χ4n) is 2.97. The molecule has 0 bridgehead atoms. The van der Waals surface area contributed by atoms with Crippen molar-refractivity contribution in [2.24, 2.45) is 0 Å². The Kier molecular flexibility index (Phi) is 6.63. The Morgan fingerprint density at radius 1 is 1.07 bits per heavy atom. The first-order valence-corrected chi connectivity index (χ1v) is 10.8. The Balaban J connectivity index is 1.55. The fourth-order valence-corrected chi connectivity index (χ4v) is 4.01. The van der Waals surface area contributed by atoms with Crippen molar-refractivity contribution in [3.63, 3.8) is 0 Å². The number of furan rings is 1. The third kappa shape index (κ3) is 4.92. The van der Waals surface area contributed by atoms with Crippen LogP contribution >= 0.6 is 0 Å². The number of hydrogen-bond acceptors (Lipinski definition) is 6. The Hall–Kier alpha value is -3.04. The highest BCUT2D eigenvalue weighted by atomic mass is 32.2. The zero-order chi connectivity index (χ0) is 21.7. The molecule has 1 aromatic heterocycles. The molecule has 8 nitrogen and oxygen atoms in total. The standard InChI is InChI=1S/C21H24N2O6S/c1-14(19-12-15-6-4-5-7-17(15)29-19)23-21(24)10-11-22-30(25,26)16-8-9-18(27-2)20(13-16)28-3/h4-9,12-14,22H,10-11H2,1-3H3,(H,23,24). The summed E-state index contributed by atoms with van der Waals surface area (Å²) in [7, 11) is -0.902. The van der Waals surface area contributed by atoms with Crippen LogP contribution in [0.3, 0.4) is 0 Å². The number of para-hydroxylation sites is 1. The predicted octanol–water partition coefficient (Wildman–Crippen LogP) is 3.00. The number of methoxy groups -OCH3 is 2. The Bertz CT molecular complexity index is 1110. The first kappa shape index (κ1) is 21.7. The molecule has 0 aliphatic heterocycles. The van der Waals surface area contributed by atoms with E-state index in [0.29, 0.717) is 17.3 Å². The van der Waals surface area contributed by atoms with Crippen LogP contribution in [0.25, 0.3) is 11.0 Å². The summed E-state index contributed by atoms with van der Waals surface area (Å²) in [5, 5.41) is 3.77. The second-order valence-corrected chi connectivity index (χ2v) is 8.41. The van der Waals surface area contributed by atoms with Crippen LogP contribution in [-0.4, -0.2) is 35.1 Å². The number of amides is 1. The molecule has 0 aliphatic carbocycles. The minimum Gasteiger partial charge on any atom is -0.493 e. The maximum Gasteiger partial charge on any atom is 0.240 e. The van der Waals surface area contributed by atoms with Gasteiger partial charge in [0.2, 0.25) is 15.9 Å². The second-order valence-electron chi connectivity index (χ2n) is 6.64. The highest BCUT2D eigenvalue weighted by Crippen LogP contribution is 2.29. The summed E-state index contributed by atoms with van der Waals surface area (Å²) < 4.78 is 43.3. The fraction of sp³-hybridized carbons (Fsp3) is 0.286. The summed E-state index contributed by atoms with van der Waals surface area (Å²) in [5.41, 5.74) is 0.747. The zero-order valence-corrected chi connectivity index (χ0v) is 17.8. The molecular formula is C21H24N2O6S. The minimum absolute atomic E-state index is 0.0168. The van der Waals surface area contributed by atoms with Crippen molar-refractivity contribution in [3.8, 4) is 11.5 Å². The number of rotatable bonds is 9. The molecule has 0 aliphatic rings. The van der Waals surface area contributed by atoms with Crippen molar-refractivity contribution in [1.82, 2.24) is 10.0 Å². The molecular weight excluding hydrogens is 408 g/mol. The van der Waals surface area contributed by atoms with Crippen LogP contribution in [0.1, 0.15) is 25.1 Å². The number of benzene rings is 2. The van der Waals surface area contributed by atoms with Gasteiger partial charge in [-0.05, 0) is 31.2 Å². The van der Waals surface area contributed by atoms with Gasteiger partial charge in [0.25, 0.3) is 0 Å². The van der Waals surface area contributed by atoms with Crippen molar-refractivity contribution in [3.05, 3.63) is 54.3 Å². The molecule has 1 atom stereocenters. The van der Waals surface area contributed by atoms with Gasteiger partial charge in [0, 0.05) is 24.4 Å². The van der Waals surface area contributed by atoms with Gasteiger partial charge < -0.3 is 19.2 Å². The summed E-state index contributed by atoms with van der Waals surface area (Å²) in [6.07, 6.45) is -0.0168. The number of carbonyl (C=O) groups excluding carboxylic acids is 1. The van der Waals surface area contributed by atoms with Gasteiger partial charge in [-0.3, -0.25) is 4.79 Å². The molecule has 2 aromatic carbocycles. The molecule has 0 spiro atoms. The normalized spacial score (nSPS) is 12.5. The molecule has 3 rings (SSSR count). The van der Waals surface area contributed by atoms with Gasteiger partial charge in [-0.15, -0.1) is 0 Å². The van der Waals surface area contributed by atoms with E-state index in [-0.39, 0.29) is 29.8 Å². The van der Waals surface area contributed by atoms with E-state index < -0.39 is 10.0 Å². The number of ether oxygens (including phenoxy) is 2. The first-order chi connectivity index (χ1) is 14.3. The minimum atomic E-state index is -3.80. The molecule has 1 heterocycles. The van der Waals surface area contributed by atoms with E-state index in [2.05, 4.69) is 10.0 Å². The second kappa shape index (κ2) is 9.19. The van der Waals surface area contributed by atoms with Crippen LogP contribution in [0.4, 0.5) is 0 Å². The molecule has 0 saturated carbocycles. The average Bonchev–Trinajstić information content (AvgIpc) is 3.17. The summed E-state index contributed by atoms with van der Waals surface area (Å²) in [4.78, 5) is 12.2. The SMILES string of the molecule is COc1ccc(S(=O)(=O)NCCC(=O)NC(C)c2cc3ccccc3o2)cc1OC. The summed E-state index contributed by atoms with van der Waals surface area (Å²) in [6.45, 7) is 1.76. The summed E-state index contributed by atoms with van der Waals surface area (Å²) >= 11 is 0.